The second-order valence-corrected chi connectivity index (χ2v) is 7.77. The normalized spacial score (nSPS) is 29.4. The molecule has 0 radical (unpaired) electrons. The fraction of sp³-hybridized carbons (Fsp3) is 0.812. The third kappa shape index (κ3) is 3.19. The molecule has 2 aliphatic carbocycles. The highest BCUT2D eigenvalue weighted by molar-refractivity contribution is 7.11. The Morgan fingerprint density at radius 2 is 1.95 bits per heavy atom. The molecule has 3 unspecified atom stereocenters. The zero-order chi connectivity index (χ0) is 13.4. The topological polar surface area (TPSA) is 24.9 Å². The van der Waals surface area contributed by atoms with Gasteiger partial charge in [0.2, 0.25) is 0 Å². The average molecular weight is 278 g/mol. The Balaban J connectivity index is 1.59. The Kier molecular flexibility index (Phi) is 3.95. The van der Waals surface area contributed by atoms with Crippen molar-refractivity contribution in [3.05, 3.63) is 15.6 Å². The Morgan fingerprint density at radius 3 is 2.58 bits per heavy atom. The summed E-state index contributed by atoms with van der Waals surface area (Å²) in [5.74, 6) is 2.09. The lowest BCUT2D eigenvalue weighted by Crippen LogP contribution is -2.36. The summed E-state index contributed by atoms with van der Waals surface area (Å²) in [7, 11) is 0. The van der Waals surface area contributed by atoms with Crippen molar-refractivity contribution in [1.29, 1.82) is 0 Å². The number of hydrogen-bond donors (Lipinski definition) is 1. The summed E-state index contributed by atoms with van der Waals surface area (Å²) in [4.78, 5) is 5.99. The van der Waals surface area contributed by atoms with Crippen LogP contribution < -0.4 is 5.32 Å². The van der Waals surface area contributed by atoms with Crippen LogP contribution in [0.1, 0.15) is 67.1 Å². The summed E-state index contributed by atoms with van der Waals surface area (Å²) >= 11 is 1.86. The van der Waals surface area contributed by atoms with Crippen LogP contribution in [0.4, 0.5) is 0 Å². The minimum atomic E-state index is 0.467. The first-order chi connectivity index (χ1) is 9.13. The number of hydrogen-bond acceptors (Lipinski definition) is 3. The molecule has 1 aromatic heterocycles. The third-order valence-electron chi connectivity index (χ3n) is 4.82. The van der Waals surface area contributed by atoms with Gasteiger partial charge in [-0.05, 0) is 58.3 Å². The summed E-state index contributed by atoms with van der Waals surface area (Å²) in [6.07, 6.45) is 8.68. The fourth-order valence-corrected chi connectivity index (χ4v) is 4.69. The van der Waals surface area contributed by atoms with Crippen LogP contribution in [-0.4, -0.2) is 11.0 Å². The van der Waals surface area contributed by atoms with Gasteiger partial charge in [0.25, 0.3) is 0 Å². The van der Waals surface area contributed by atoms with Crippen LogP contribution >= 0.6 is 11.3 Å². The zero-order valence-electron chi connectivity index (χ0n) is 12.4. The lowest BCUT2D eigenvalue weighted by atomic mass is 9.82. The van der Waals surface area contributed by atoms with Crippen molar-refractivity contribution in [3.8, 4) is 0 Å². The lowest BCUT2D eigenvalue weighted by Gasteiger charge is -2.32. The highest BCUT2D eigenvalue weighted by Gasteiger charge is 2.35. The van der Waals surface area contributed by atoms with E-state index >= 15 is 0 Å². The molecule has 19 heavy (non-hydrogen) atoms. The van der Waals surface area contributed by atoms with E-state index in [1.165, 1.54) is 54.1 Å². The van der Waals surface area contributed by atoms with E-state index in [-0.39, 0.29) is 0 Å². The molecule has 1 heterocycles. The number of nitrogens with one attached hydrogen (secondary N) is 1. The Hall–Kier alpha value is -0.410. The van der Waals surface area contributed by atoms with Crippen molar-refractivity contribution < 1.29 is 0 Å². The fourth-order valence-electron chi connectivity index (χ4n) is 3.75. The summed E-state index contributed by atoms with van der Waals surface area (Å²) in [5.41, 5.74) is 1.22. The average Bonchev–Trinajstić information content (AvgIpc) is 3.15. The smallest absolute Gasteiger partial charge is 0.0900 e. The predicted octanol–water partition coefficient (Wildman–Crippen LogP) is 4.38. The molecular weight excluding hydrogens is 252 g/mol. The Labute approximate surface area is 121 Å². The largest absolute Gasteiger partial charge is 0.307 e. The molecule has 0 bridgehead atoms. The van der Waals surface area contributed by atoms with Crippen molar-refractivity contribution in [2.45, 2.75) is 71.4 Å². The highest BCUT2D eigenvalue weighted by atomic mass is 32.1. The monoisotopic (exact) mass is 278 g/mol. The summed E-state index contributed by atoms with van der Waals surface area (Å²) < 4.78 is 0. The van der Waals surface area contributed by atoms with Crippen LogP contribution in [0.15, 0.2) is 0 Å². The first-order valence-corrected chi connectivity index (χ1v) is 8.65. The molecule has 2 aliphatic rings. The van der Waals surface area contributed by atoms with E-state index in [9.17, 15) is 0 Å². The molecule has 0 aliphatic heterocycles. The molecule has 0 saturated heterocycles. The Bertz CT molecular complexity index is 436. The van der Waals surface area contributed by atoms with Gasteiger partial charge in [0, 0.05) is 17.0 Å². The van der Waals surface area contributed by atoms with E-state index in [4.69, 9.17) is 0 Å². The summed E-state index contributed by atoms with van der Waals surface area (Å²) in [6, 6.07) is 1.20. The van der Waals surface area contributed by atoms with Crippen LogP contribution in [0.3, 0.4) is 0 Å². The zero-order valence-corrected chi connectivity index (χ0v) is 13.2. The van der Waals surface area contributed by atoms with Crippen LogP contribution in [0.25, 0.3) is 0 Å². The molecule has 1 N–H and O–H groups in total. The lowest BCUT2D eigenvalue weighted by molar-refractivity contribution is 0.250. The molecule has 3 atom stereocenters. The van der Waals surface area contributed by atoms with Gasteiger partial charge in [-0.2, -0.15) is 0 Å². The van der Waals surface area contributed by atoms with Crippen LogP contribution in [0, 0.1) is 25.7 Å². The molecule has 2 saturated carbocycles. The van der Waals surface area contributed by atoms with Gasteiger partial charge < -0.3 is 5.32 Å². The van der Waals surface area contributed by atoms with E-state index in [0.717, 1.165) is 17.9 Å². The van der Waals surface area contributed by atoms with Gasteiger partial charge in [-0.3, -0.25) is 0 Å². The van der Waals surface area contributed by atoms with Gasteiger partial charge in [0.15, 0.2) is 0 Å². The summed E-state index contributed by atoms with van der Waals surface area (Å²) in [5, 5.41) is 5.07. The van der Waals surface area contributed by atoms with Crippen molar-refractivity contribution in [1.82, 2.24) is 10.3 Å². The molecular formula is C16H26N2S. The van der Waals surface area contributed by atoms with Crippen molar-refractivity contribution in [2.24, 2.45) is 11.8 Å². The molecule has 0 aromatic carbocycles. The van der Waals surface area contributed by atoms with Crippen molar-refractivity contribution in [2.75, 3.05) is 0 Å². The van der Waals surface area contributed by atoms with E-state index in [1.54, 1.807) is 0 Å². The molecule has 106 valence electrons. The first kappa shape index (κ1) is 13.6. The SMILES string of the molecule is Cc1nc(C)c(C(C)NC2CCCC(C3CC3)C2)s1. The molecule has 3 rings (SSSR count). The second kappa shape index (κ2) is 5.53. The van der Waals surface area contributed by atoms with Gasteiger partial charge in [-0.1, -0.05) is 12.8 Å². The van der Waals surface area contributed by atoms with Gasteiger partial charge in [0.1, 0.15) is 0 Å². The minimum Gasteiger partial charge on any atom is -0.307 e. The van der Waals surface area contributed by atoms with E-state index < -0.39 is 0 Å². The Morgan fingerprint density at radius 1 is 1.16 bits per heavy atom. The van der Waals surface area contributed by atoms with Crippen LogP contribution in [0.2, 0.25) is 0 Å². The third-order valence-corrected chi connectivity index (χ3v) is 6.08. The molecule has 2 nitrogen and oxygen atoms in total. The number of aryl methyl sites for hydroxylation is 2. The molecule has 1 aromatic rings. The van der Waals surface area contributed by atoms with Gasteiger partial charge in [-0.15, -0.1) is 11.3 Å². The van der Waals surface area contributed by atoms with Crippen LogP contribution in [0.5, 0.6) is 0 Å². The minimum absolute atomic E-state index is 0.467. The standard InChI is InChI=1S/C16H26N2S/c1-10-16(19-12(3)17-10)11(2)18-15-6-4-5-14(9-15)13-7-8-13/h11,13-15,18H,4-9H2,1-3H3. The maximum Gasteiger partial charge on any atom is 0.0900 e. The van der Waals surface area contributed by atoms with Gasteiger partial charge in [-0.25, -0.2) is 4.98 Å². The predicted molar refractivity (Wildman–Crippen MR) is 81.6 cm³/mol. The molecule has 3 heteroatoms. The molecule has 2 fully saturated rings. The number of rotatable bonds is 4. The van der Waals surface area contributed by atoms with Crippen molar-refractivity contribution in [3.63, 3.8) is 0 Å². The number of thiazole rings is 1. The number of aromatic nitrogens is 1. The van der Waals surface area contributed by atoms with Crippen molar-refractivity contribution >= 4 is 11.3 Å². The van der Waals surface area contributed by atoms with E-state index in [1.807, 2.05) is 11.3 Å². The van der Waals surface area contributed by atoms with E-state index in [2.05, 4.69) is 31.1 Å². The summed E-state index contributed by atoms with van der Waals surface area (Å²) in [6.45, 7) is 6.56. The van der Waals surface area contributed by atoms with Gasteiger partial charge in [0.05, 0.1) is 10.7 Å². The van der Waals surface area contributed by atoms with E-state index in [0.29, 0.717) is 6.04 Å². The highest BCUT2D eigenvalue weighted by Crippen LogP contribution is 2.44. The first-order valence-electron chi connectivity index (χ1n) is 7.83. The van der Waals surface area contributed by atoms with Gasteiger partial charge >= 0.3 is 0 Å². The molecule has 0 amide bonds. The quantitative estimate of drug-likeness (QED) is 0.884. The maximum absolute atomic E-state index is 4.56. The second-order valence-electron chi connectivity index (χ2n) is 6.53. The maximum atomic E-state index is 4.56. The molecule has 0 spiro atoms. The number of nitrogens with zero attached hydrogens (tertiary/aromatic N) is 1. The van der Waals surface area contributed by atoms with Crippen LogP contribution in [-0.2, 0) is 0 Å².